The number of rotatable bonds is 6. The summed E-state index contributed by atoms with van der Waals surface area (Å²) in [6.45, 7) is 0.780. The minimum Gasteiger partial charge on any atom is -0.445 e. The molecule has 114 valence electrons. The van der Waals surface area contributed by atoms with E-state index in [4.69, 9.17) is 16.3 Å². The van der Waals surface area contributed by atoms with Crippen LogP contribution in [0, 0.1) is 0 Å². The lowest BCUT2D eigenvalue weighted by molar-refractivity contribution is 0.140. The van der Waals surface area contributed by atoms with Gasteiger partial charge in [0.15, 0.2) is 0 Å². The summed E-state index contributed by atoms with van der Waals surface area (Å²) in [4.78, 5) is 15.4. The van der Waals surface area contributed by atoms with Gasteiger partial charge in [-0.1, -0.05) is 54.1 Å². The van der Waals surface area contributed by atoms with Crippen LogP contribution in [0.4, 0.5) is 4.79 Å². The number of hydrogen-bond donors (Lipinski definition) is 1. The number of alkyl carbamates (subject to hydrolysis) is 1. The van der Waals surface area contributed by atoms with Crippen molar-refractivity contribution in [3.8, 4) is 0 Å². The monoisotopic (exact) mass is 316 g/mol. The van der Waals surface area contributed by atoms with Crippen molar-refractivity contribution in [3.63, 3.8) is 0 Å². The topological polar surface area (TPSA) is 51.2 Å². The minimum absolute atomic E-state index is 0.273. The molecular formula is C17H17ClN2O2. The Morgan fingerprint density at radius 3 is 2.86 bits per heavy atom. The SMILES string of the molecule is O=C(NCCC=Cc1ccncc1Cl)OCc1ccccc1. The van der Waals surface area contributed by atoms with Gasteiger partial charge in [-0.15, -0.1) is 0 Å². The van der Waals surface area contributed by atoms with Crippen LogP contribution in [0.1, 0.15) is 17.5 Å². The molecule has 1 N–H and O–H groups in total. The summed E-state index contributed by atoms with van der Waals surface area (Å²) in [6.07, 6.45) is 7.41. The number of nitrogens with zero attached hydrogens (tertiary/aromatic N) is 1. The number of nitrogens with one attached hydrogen (secondary N) is 1. The van der Waals surface area contributed by atoms with Crippen LogP contribution in [0.5, 0.6) is 0 Å². The fourth-order valence-corrected chi connectivity index (χ4v) is 1.95. The summed E-state index contributed by atoms with van der Waals surface area (Å²) >= 11 is 5.98. The highest BCUT2D eigenvalue weighted by molar-refractivity contribution is 6.31. The summed E-state index contributed by atoms with van der Waals surface area (Å²) in [5.74, 6) is 0. The van der Waals surface area contributed by atoms with Gasteiger partial charge in [-0.05, 0) is 23.6 Å². The van der Waals surface area contributed by atoms with Crippen molar-refractivity contribution >= 4 is 23.8 Å². The van der Waals surface area contributed by atoms with Gasteiger partial charge in [0.25, 0.3) is 0 Å². The lowest BCUT2D eigenvalue weighted by atomic mass is 10.2. The predicted octanol–water partition coefficient (Wildman–Crippen LogP) is 4.06. The van der Waals surface area contributed by atoms with Gasteiger partial charge < -0.3 is 10.1 Å². The average molecular weight is 317 g/mol. The van der Waals surface area contributed by atoms with E-state index in [1.54, 1.807) is 12.4 Å². The zero-order chi connectivity index (χ0) is 15.6. The summed E-state index contributed by atoms with van der Waals surface area (Å²) in [6, 6.07) is 11.4. The first-order chi connectivity index (χ1) is 10.8. The average Bonchev–Trinajstić information content (AvgIpc) is 2.55. The molecule has 1 amide bonds. The normalized spacial score (nSPS) is 10.6. The van der Waals surface area contributed by atoms with Crippen LogP contribution in [0.25, 0.3) is 6.08 Å². The first-order valence-electron chi connectivity index (χ1n) is 6.96. The Morgan fingerprint density at radius 2 is 2.09 bits per heavy atom. The molecule has 0 aliphatic carbocycles. The highest BCUT2D eigenvalue weighted by Gasteiger charge is 2.00. The molecule has 1 aromatic heterocycles. The fraction of sp³-hybridized carbons (Fsp3) is 0.176. The van der Waals surface area contributed by atoms with Crippen LogP contribution in [-0.2, 0) is 11.3 Å². The number of halogens is 1. The lowest BCUT2D eigenvalue weighted by Gasteiger charge is -2.05. The van der Waals surface area contributed by atoms with Gasteiger partial charge in [-0.3, -0.25) is 4.98 Å². The Kier molecular flexibility index (Phi) is 6.45. The minimum atomic E-state index is -0.417. The Balaban J connectivity index is 1.64. The molecule has 2 aromatic rings. The number of ether oxygens (including phenoxy) is 1. The third-order valence-corrected chi connectivity index (χ3v) is 3.21. The highest BCUT2D eigenvalue weighted by Crippen LogP contribution is 2.14. The Hall–Kier alpha value is -2.33. The second-order valence-corrected chi connectivity index (χ2v) is 4.98. The van der Waals surface area contributed by atoms with Gasteiger partial charge in [0.2, 0.25) is 0 Å². The van der Waals surface area contributed by atoms with E-state index < -0.39 is 6.09 Å². The number of hydrogen-bond acceptors (Lipinski definition) is 3. The molecule has 1 aromatic carbocycles. The quantitative estimate of drug-likeness (QED) is 0.817. The Morgan fingerprint density at radius 1 is 1.27 bits per heavy atom. The largest absolute Gasteiger partial charge is 0.445 e. The predicted molar refractivity (Wildman–Crippen MR) is 87.5 cm³/mol. The number of pyridine rings is 1. The lowest BCUT2D eigenvalue weighted by Crippen LogP contribution is -2.24. The first-order valence-corrected chi connectivity index (χ1v) is 7.34. The highest BCUT2D eigenvalue weighted by atomic mass is 35.5. The van der Waals surface area contributed by atoms with E-state index in [0.29, 0.717) is 18.0 Å². The number of aromatic nitrogens is 1. The Labute approximate surface area is 134 Å². The van der Waals surface area contributed by atoms with Crippen LogP contribution >= 0.6 is 11.6 Å². The van der Waals surface area contributed by atoms with E-state index in [1.165, 1.54) is 0 Å². The smallest absolute Gasteiger partial charge is 0.407 e. The second kappa shape index (κ2) is 8.85. The van der Waals surface area contributed by atoms with Crippen LogP contribution in [0.3, 0.4) is 0 Å². The number of benzene rings is 1. The molecule has 1 heterocycles. The molecule has 4 nitrogen and oxygen atoms in total. The molecule has 0 saturated carbocycles. The van der Waals surface area contributed by atoms with Gasteiger partial charge in [0.05, 0.1) is 5.02 Å². The zero-order valence-electron chi connectivity index (χ0n) is 12.0. The van der Waals surface area contributed by atoms with Crippen molar-refractivity contribution in [1.29, 1.82) is 0 Å². The zero-order valence-corrected chi connectivity index (χ0v) is 12.8. The van der Waals surface area contributed by atoms with Crippen LogP contribution in [0.2, 0.25) is 5.02 Å². The maximum Gasteiger partial charge on any atom is 0.407 e. The van der Waals surface area contributed by atoms with Gasteiger partial charge in [0.1, 0.15) is 6.61 Å². The number of amides is 1. The molecule has 0 atom stereocenters. The summed E-state index contributed by atoms with van der Waals surface area (Å²) < 4.78 is 5.11. The first kappa shape index (κ1) is 16.0. The summed E-state index contributed by atoms with van der Waals surface area (Å²) in [5.41, 5.74) is 1.87. The summed E-state index contributed by atoms with van der Waals surface area (Å²) in [7, 11) is 0. The maximum atomic E-state index is 11.5. The standard InChI is InChI=1S/C17H17ClN2O2/c18-16-12-19-11-9-15(16)8-4-5-10-20-17(21)22-13-14-6-2-1-3-7-14/h1-4,6-9,11-12H,5,10,13H2,(H,20,21). The number of carbonyl (C=O) groups is 1. The third-order valence-electron chi connectivity index (χ3n) is 2.89. The molecule has 22 heavy (non-hydrogen) atoms. The van der Waals surface area contributed by atoms with E-state index in [2.05, 4.69) is 10.3 Å². The van der Waals surface area contributed by atoms with Crippen LogP contribution in [-0.4, -0.2) is 17.6 Å². The fourth-order valence-electron chi connectivity index (χ4n) is 1.76. The second-order valence-electron chi connectivity index (χ2n) is 4.58. The summed E-state index contributed by atoms with van der Waals surface area (Å²) in [5, 5.41) is 3.30. The van der Waals surface area contributed by atoms with Gasteiger partial charge in [-0.25, -0.2) is 4.79 Å². The maximum absolute atomic E-state index is 11.5. The van der Waals surface area contributed by atoms with Gasteiger partial charge >= 0.3 is 6.09 Å². The van der Waals surface area contributed by atoms with Crippen molar-refractivity contribution in [1.82, 2.24) is 10.3 Å². The number of carbonyl (C=O) groups excluding carboxylic acids is 1. The van der Waals surface area contributed by atoms with Crippen molar-refractivity contribution in [3.05, 3.63) is 71.0 Å². The van der Waals surface area contributed by atoms with Crippen LogP contribution < -0.4 is 5.32 Å². The van der Waals surface area contributed by atoms with E-state index >= 15 is 0 Å². The molecule has 0 spiro atoms. The molecule has 0 unspecified atom stereocenters. The molecular weight excluding hydrogens is 300 g/mol. The van der Waals surface area contributed by atoms with Crippen LogP contribution in [0.15, 0.2) is 54.9 Å². The molecule has 0 aliphatic rings. The van der Waals surface area contributed by atoms with Crippen molar-refractivity contribution in [2.24, 2.45) is 0 Å². The van der Waals surface area contributed by atoms with Crippen molar-refractivity contribution in [2.75, 3.05) is 6.54 Å². The molecule has 0 fully saturated rings. The molecule has 0 radical (unpaired) electrons. The third kappa shape index (κ3) is 5.58. The van der Waals surface area contributed by atoms with Gasteiger partial charge in [0, 0.05) is 18.9 Å². The molecule has 5 heteroatoms. The van der Waals surface area contributed by atoms with Crippen molar-refractivity contribution < 1.29 is 9.53 Å². The van der Waals surface area contributed by atoms with Gasteiger partial charge in [-0.2, -0.15) is 0 Å². The molecule has 0 saturated heterocycles. The van der Waals surface area contributed by atoms with E-state index in [-0.39, 0.29) is 6.61 Å². The molecule has 2 rings (SSSR count). The molecule has 0 aliphatic heterocycles. The Bertz CT molecular complexity index is 630. The van der Waals surface area contributed by atoms with E-state index in [9.17, 15) is 4.79 Å². The van der Waals surface area contributed by atoms with E-state index in [1.807, 2.05) is 48.6 Å². The molecule has 0 bridgehead atoms. The van der Waals surface area contributed by atoms with Crippen molar-refractivity contribution in [2.45, 2.75) is 13.0 Å². The van der Waals surface area contributed by atoms with E-state index in [0.717, 1.165) is 11.1 Å².